The molecule has 2 aliphatic heterocycles. The number of aliphatic imine (C=N–C) groups is 1. The third-order valence-electron chi connectivity index (χ3n) is 2.39. The zero-order valence-electron chi connectivity index (χ0n) is 8.48. The molecule has 0 fully saturated rings. The second-order valence-electron chi connectivity index (χ2n) is 3.74. The monoisotopic (exact) mass is 185 g/mol. The Morgan fingerprint density at radius 3 is 3.07 bits per heavy atom. The van der Waals surface area contributed by atoms with Crippen LogP contribution in [-0.2, 0) is 0 Å². The fourth-order valence-corrected chi connectivity index (χ4v) is 1.61. The molecule has 2 heterocycles. The van der Waals surface area contributed by atoms with E-state index in [2.05, 4.69) is 54.4 Å². The van der Waals surface area contributed by atoms with Gasteiger partial charge in [0.1, 0.15) is 0 Å². The Labute approximate surface area is 85.2 Å². The molecule has 0 N–H and O–H groups in total. The Balaban J connectivity index is 2.27. The van der Waals surface area contributed by atoms with E-state index in [9.17, 15) is 0 Å². The van der Waals surface area contributed by atoms with Crippen LogP contribution >= 0.6 is 0 Å². The molecule has 0 radical (unpaired) electrons. The van der Waals surface area contributed by atoms with Crippen molar-refractivity contribution in [1.29, 1.82) is 0 Å². The zero-order chi connectivity index (χ0) is 9.80. The molecule has 1 nitrogen and oxygen atoms in total. The molecule has 0 spiro atoms. The highest BCUT2D eigenvalue weighted by Crippen LogP contribution is 2.14. The average Bonchev–Trinajstić information content (AvgIpc) is 2.18. The van der Waals surface area contributed by atoms with Crippen molar-refractivity contribution >= 4 is 5.71 Å². The first-order valence-electron chi connectivity index (χ1n) is 5.13. The van der Waals surface area contributed by atoms with Crippen LogP contribution in [0.3, 0.4) is 0 Å². The van der Waals surface area contributed by atoms with E-state index < -0.39 is 0 Å². The van der Waals surface area contributed by atoms with Crippen LogP contribution in [0.4, 0.5) is 0 Å². The summed E-state index contributed by atoms with van der Waals surface area (Å²) in [6.07, 6.45) is 17.1. The quantitative estimate of drug-likeness (QED) is 0.513. The zero-order valence-corrected chi connectivity index (χ0v) is 8.48. The summed E-state index contributed by atoms with van der Waals surface area (Å²) >= 11 is 0. The number of rotatable bonds is 0. The number of hydrogen-bond acceptors (Lipinski definition) is 1. The minimum absolute atomic E-state index is 0.523. The highest BCUT2D eigenvalue weighted by molar-refractivity contribution is 5.97. The predicted molar refractivity (Wildman–Crippen MR) is 61.3 cm³/mol. The SMILES string of the molecule is CC1/C=C\C=C2\CC=CC(=N2)C/C=C\1. The Kier molecular flexibility index (Phi) is 2.78. The van der Waals surface area contributed by atoms with Gasteiger partial charge in [0, 0.05) is 24.3 Å². The molecular formula is C13H15N. The van der Waals surface area contributed by atoms with Gasteiger partial charge in [-0.25, -0.2) is 0 Å². The first-order valence-corrected chi connectivity index (χ1v) is 5.13. The second kappa shape index (κ2) is 4.23. The van der Waals surface area contributed by atoms with Gasteiger partial charge in [-0.1, -0.05) is 37.3 Å². The summed E-state index contributed by atoms with van der Waals surface area (Å²) < 4.78 is 0. The summed E-state index contributed by atoms with van der Waals surface area (Å²) in [5.41, 5.74) is 2.34. The number of dihydropyridines is 1. The molecule has 1 heteroatoms. The molecule has 0 aliphatic carbocycles. The van der Waals surface area contributed by atoms with Crippen LogP contribution < -0.4 is 0 Å². The topological polar surface area (TPSA) is 12.4 Å². The molecule has 0 aromatic rings. The number of hydrogen-bond donors (Lipinski definition) is 0. The summed E-state index contributed by atoms with van der Waals surface area (Å²) in [6.45, 7) is 2.19. The van der Waals surface area contributed by atoms with E-state index in [0.29, 0.717) is 5.92 Å². The van der Waals surface area contributed by atoms with Crippen LogP contribution in [0.2, 0.25) is 0 Å². The van der Waals surface area contributed by atoms with Gasteiger partial charge in [0.15, 0.2) is 0 Å². The molecule has 0 aromatic heterocycles. The molecule has 2 aliphatic rings. The van der Waals surface area contributed by atoms with Gasteiger partial charge in [-0.3, -0.25) is 4.99 Å². The Morgan fingerprint density at radius 1 is 1.21 bits per heavy atom. The maximum Gasteiger partial charge on any atom is 0.0444 e. The highest BCUT2D eigenvalue weighted by Gasteiger charge is 2.02. The summed E-state index contributed by atoms with van der Waals surface area (Å²) in [6, 6.07) is 0. The van der Waals surface area contributed by atoms with Crippen molar-refractivity contribution in [2.45, 2.75) is 19.8 Å². The fourth-order valence-electron chi connectivity index (χ4n) is 1.61. The highest BCUT2D eigenvalue weighted by atomic mass is 14.8. The molecule has 72 valence electrons. The minimum Gasteiger partial charge on any atom is -0.257 e. The molecule has 0 saturated carbocycles. The number of nitrogens with zero attached hydrogens (tertiary/aromatic N) is 1. The van der Waals surface area contributed by atoms with Gasteiger partial charge in [-0.2, -0.15) is 0 Å². The predicted octanol–water partition coefficient (Wildman–Crippen LogP) is 3.42. The van der Waals surface area contributed by atoms with Crippen molar-refractivity contribution in [2.24, 2.45) is 10.9 Å². The smallest absolute Gasteiger partial charge is 0.0444 e. The molecule has 0 saturated heterocycles. The van der Waals surface area contributed by atoms with E-state index in [-0.39, 0.29) is 0 Å². The van der Waals surface area contributed by atoms with Crippen LogP contribution in [0.5, 0.6) is 0 Å². The molecule has 0 aromatic carbocycles. The van der Waals surface area contributed by atoms with E-state index in [1.807, 2.05) is 0 Å². The Morgan fingerprint density at radius 2 is 2.14 bits per heavy atom. The van der Waals surface area contributed by atoms with Gasteiger partial charge in [-0.05, 0) is 18.1 Å². The van der Waals surface area contributed by atoms with Gasteiger partial charge in [-0.15, -0.1) is 0 Å². The molecule has 1 unspecified atom stereocenters. The lowest BCUT2D eigenvalue weighted by Crippen LogP contribution is -1.98. The molecule has 14 heavy (non-hydrogen) atoms. The third-order valence-corrected chi connectivity index (χ3v) is 2.39. The summed E-state index contributed by atoms with van der Waals surface area (Å²) in [5, 5.41) is 0. The third kappa shape index (κ3) is 2.32. The van der Waals surface area contributed by atoms with Crippen LogP contribution in [0.1, 0.15) is 19.8 Å². The first-order chi connectivity index (χ1) is 6.84. The molecule has 0 amide bonds. The van der Waals surface area contributed by atoms with Crippen molar-refractivity contribution in [2.75, 3.05) is 0 Å². The molecule has 1 atom stereocenters. The fraction of sp³-hybridized carbons (Fsp3) is 0.308. The average molecular weight is 185 g/mol. The Bertz CT molecular complexity index is 353. The molecule has 2 bridgehead atoms. The minimum atomic E-state index is 0.523. The number of fused-ring (bicyclic) bond motifs is 1. The van der Waals surface area contributed by atoms with Gasteiger partial charge in [0.25, 0.3) is 0 Å². The standard InChI is InChI=1S/C13H15N/c1-11-5-2-7-12-9-4-10-13(14-12)8-3-6-11/h2-7,10-11H,8-9H2,1H3/b5-2-,6-3-,12-7-. The van der Waals surface area contributed by atoms with Gasteiger partial charge in [0.05, 0.1) is 0 Å². The maximum absolute atomic E-state index is 4.56. The second-order valence-corrected chi connectivity index (χ2v) is 3.74. The van der Waals surface area contributed by atoms with Crippen molar-refractivity contribution in [3.8, 4) is 0 Å². The molecule has 2 rings (SSSR count). The lowest BCUT2D eigenvalue weighted by Gasteiger charge is -2.08. The lowest BCUT2D eigenvalue weighted by molar-refractivity contribution is 0.933. The number of allylic oxidation sites excluding steroid dienone is 7. The van der Waals surface area contributed by atoms with Crippen molar-refractivity contribution in [1.82, 2.24) is 0 Å². The van der Waals surface area contributed by atoms with Crippen LogP contribution in [0.15, 0.2) is 53.2 Å². The maximum atomic E-state index is 4.56. The summed E-state index contributed by atoms with van der Waals surface area (Å²) in [5.74, 6) is 0.523. The van der Waals surface area contributed by atoms with E-state index in [4.69, 9.17) is 0 Å². The molecular weight excluding hydrogens is 170 g/mol. The normalized spacial score (nSPS) is 33.9. The van der Waals surface area contributed by atoms with Crippen LogP contribution in [0.25, 0.3) is 0 Å². The van der Waals surface area contributed by atoms with Crippen molar-refractivity contribution in [3.63, 3.8) is 0 Å². The van der Waals surface area contributed by atoms with Crippen LogP contribution in [-0.4, -0.2) is 5.71 Å². The van der Waals surface area contributed by atoms with Gasteiger partial charge >= 0.3 is 0 Å². The van der Waals surface area contributed by atoms with Gasteiger partial charge in [0.2, 0.25) is 0 Å². The lowest BCUT2D eigenvalue weighted by atomic mass is 10.1. The van der Waals surface area contributed by atoms with Crippen LogP contribution in [0, 0.1) is 5.92 Å². The van der Waals surface area contributed by atoms with E-state index in [0.717, 1.165) is 12.8 Å². The van der Waals surface area contributed by atoms with Gasteiger partial charge < -0.3 is 0 Å². The van der Waals surface area contributed by atoms with Crippen molar-refractivity contribution < 1.29 is 0 Å². The van der Waals surface area contributed by atoms with E-state index >= 15 is 0 Å². The first kappa shape index (κ1) is 9.20. The van der Waals surface area contributed by atoms with E-state index in [1.165, 1.54) is 11.4 Å². The Hall–Kier alpha value is -1.37. The summed E-state index contributed by atoms with van der Waals surface area (Å²) in [4.78, 5) is 4.56. The summed E-state index contributed by atoms with van der Waals surface area (Å²) in [7, 11) is 0. The van der Waals surface area contributed by atoms with Crippen molar-refractivity contribution in [3.05, 3.63) is 48.2 Å². The largest absolute Gasteiger partial charge is 0.257 e. The van der Waals surface area contributed by atoms with E-state index in [1.54, 1.807) is 0 Å².